The Hall–Kier alpha value is -2.67. The van der Waals surface area contributed by atoms with Crippen LogP contribution in [0.15, 0.2) is 39.5 Å². The van der Waals surface area contributed by atoms with Crippen LogP contribution in [0.25, 0.3) is 11.0 Å². The van der Waals surface area contributed by atoms with Gasteiger partial charge >= 0.3 is 11.6 Å². The molecule has 0 aliphatic rings. The Labute approximate surface area is 119 Å². The molecule has 1 aromatic heterocycles. The number of aliphatic hydroxyl groups is 1. The van der Waals surface area contributed by atoms with Gasteiger partial charge in [-0.15, -0.1) is 0 Å². The minimum atomic E-state index is -1.24. The smallest absolute Gasteiger partial charge is 0.349 e. The Bertz CT molecular complexity index is 736. The lowest BCUT2D eigenvalue weighted by Crippen LogP contribution is -2.45. The number of aliphatic hydroxyl groups excluding tert-OH is 1. The number of fused-ring (bicyclic) bond motifs is 1. The molecule has 0 unspecified atom stereocenters. The van der Waals surface area contributed by atoms with Gasteiger partial charge < -0.3 is 19.6 Å². The molecule has 0 fully saturated rings. The van der Waals surface area contributed by atoms with E-state index in [0.29, 0.717) is 11.0 Å². The van der Waals surface area contributed by atoms with E-state index in [4.69, 9.17) is 9.52 Å². The lowest BCUT2D eigenvalue weighted by molar-refractivity contribution is -0.143. The van der Waals surface area contributed by atoms with Crippen LogP contribution in [0.2, 0.25) is 0 Å². The van der Waals surface area contributed by atoms with Crippen molar-refractivity contribution in [3.63, 3.8) is 0 Å². The lowest BCUT2D eigenvalue weighted by Gasteiger charge is -2.13. The van der Waals surface area contributed by atoms with E-state index in [-0.39, 0.29) is 5.56 Å². The van der Waals surface area contributed by atoms with Gasteiger partial charge in [0.15, 0.2) is 6.04 Å². The average Bonchev–Trinajstić information content (AvgIpc) is 2.50. The summed E-state index contributed by atoms with van der Waals surface area (Å²) in [7, 11) is 1.13. The monoisotopic (exact) mass is 291 g/mol. The number of ether oxygens (including phenoxy) is 1. The van der Waals surface area contributed by atoms with Crippen molar-refractivity contribution in [3.05, 3.63) is 46.3 Å². The van der Waals surface area contributed by atoms with Crippen LogP contribution in [0, 0.1) is 0 Å². The maximum atomic E-state index is 12.0. The highest BCUT2D eigenvalue weighted by molar-refractivity contribution is 5.98. The summed E-state index contributed by atoms with van der Waals surface area (Å²) in [4.78, 5) is 35.1. The largest absolute Gasteiger partial charge is 0.467 e. The van der Waals surface area contributed by atoms with E-state index in [1.165, 1.54) is 6.07 Å². The first-order valence-corrected chi connectivity index (χ1v) is 6.09. The zero-order chi connectivity index (χ0) is 15.4. The maximum Gasteiger partial charge on any atom is 0.349 e. The van der Waals surface area contributed by atoms with E-state index in [0.717, 1.165) is 7.11 Å². The van der Waals surface area contributed by atoms with Gasteiger partial charge in [0.25, 0.3) is 5.91 Å². The standard InChI is InChI=1S/C14H13NO6/c1-20-14(19)10(7-16)15-12(17)9-6-8-4-2-3-5-11(8)21-13(9)18/h2-6,10,16H,7H2,1H3,(H,15,17)/t10-/m0/s1. The Morgan fingerprint density at radius 3 is 2.76 bits per heavy atom. The van der Waals surface area contributed by atoms with E-state index in [2.05, 4.69) is 10.1 Å². The summed E-state index contributed by atoms with van der Waals surface area (Å²) in [5.41, 5.74) is -0.727. The highest BCUT2D eigenvalue weighted by Gasteiger charge is 2.23. The van der Waals surface area contributed by atoms with Crippen LogP contribution in [-0.2, 0) is 9.53 Å². The lowest BCUT2D eigenvalue weighted by atomic mass is 10.1. The van der Waals surface area contributed by atoms with Gasteiger partial charge in [-0.25, -0.2) is 9.59 Å². The second-order valence-corrected chi connectivity index (χ2v) is 4.22. The molecule has 0 radical (unpaired) electrons. The molecule has 2 N–H and O–H groups in total. The average molecular weight is 291 g/mol. The van der Waals surface area contributed by atoms with Gasteiger partial charge in [-0.2, -0.15) is 0 Å². The van der Waals surface area contributed by atoms with Gasteiger partial charge in [0, 0.05) is 5.39 Å². The van der Waals surface area contributed by atoms with Gasteiger partial charge in [0.1, 0.15) is 11.1 Å². The second kappa shape index (κ2) is 6.19. The van der Waals surface area contributed by atoms with Crippen LogP contribution in [0.5, 0.6) is 0 Å². The van der Waals surface area contributed by atoms with Crippen LogP contribution >= 0.6 is 0 Å². The number of hydrogen-bond acceptors (Lipinski definition) is 6. The third kappa shape index (κ3) is 3.09. The number of rotatable bonds is 4. The van der Waals surface area contributed by atoms with Crippen molar-refractivity contribution in [1.29, 1.82) is 0 Å². The highest BCUT2D eigenvalue weighted by atomic mass is 16.5. The second-order valence-electron chi connectivity index (χ2n) is 4.22. The fraction of sp³-hybridized carbons (Fsp3) is 0.214. The fourth-order valence-corrected chi connectivity index (χ4v) is 1.78. The summed E-state index contributed by atoms with van der Waals surface area (Å²) in [5.74, 6) is -1.63. The molecule has 2 rings (SSSR count). The van der Waals surface area contributed by atoms with Crippen molar-refractivity contribution < 1.29 is 23.8 Å². The van der Waals surface area contributed by atoms with Crippen molar-refractivity contribution in [2.24, 2.45) is 0 Å². The molecule has 0 aliphatic carbocycles. The number of para-hydroxylation sites is 1. The van der Waals surface area contributed by atoms with Crippen LogP contribution in [0.3, 0.4) is 0 Å². The van der Waals surface area contributed by atoms with E-state index >= 15 is 0 Å². The molecule has 7 nitrogen and oxygen atoms in total. The number of amides is 1. The molecule has 21 heavy (non-hydrogen) atoms. The van der Waals surface area contributed by atoms with Crippen LogP contribution < -0.4 is 10.9 Å². The zero-order valence-electron chi connectivity index (χ0n) is 11.2. The van der Waals surface area contributed by atoms with Crippen molar-refractivity contribution in [1.82, 2.24) is 5.32 Å². The van der Waals surface area contributed by atoms with Crippen molar-refractivity contribution in [2.45, 2.75) is 6.04 Å². The van der Waals surface area contributed by atoms with Crippen molar-refractivity contribution in [3.8, 4) is 0 Å². The molecule has 0 saturated heterocycles. The first-order valence-electron chi connectivity index (χ1n) is 6.09. The first kappa shape index (κ1) is 14.7. The zero-order valence-corrected chi connectivity index (χ0v) is 11.2. The van der Waals surface area contributed by atoms with E-state index in [9.17, 15) is 14.4 Å². The molecule has 0 saturated carbocycles. The SMILES string of the molecule is COC(=O)[C@H](CO)NC(=O)c1cc2ccccc2oc1=O. The van der Waals surface area contributed by atoms with Crippen molar-refractivity contribution in [2.75, 3.05) is 13.7 Å². The van der Waals surface area contributed by atoms with Gasteiger partial charge in [0.05, 0.1) is 13.7 Å². The Kier molecular flexibility index (Phi) is 4.34. The molecule has 0 aliphatic heterocycles. The van der Waals surface area contributed by atoms with Gasteiger partial charge in [-0.05, 0) is 12.1 Å². The predicted molar refractivity (Wildman–Crippen MR) is 72.8 cm³/mol. The molecular formula is C14H13NO6. The maximum absolute atomic E-state index is 12.0. The van der Waals surface area contributed by atoms with Gasteiger partial charge in [0.2, 0.25) is 0 Å². The van der Waals surface area contributed by atoms with Crippen molar-refractivity contribution >= 4 is 22.8 Å². The highest BCUT2D eigenvalue weighted by Crippen LogP contribution is 2.12. The minimum absolute atomic E-state index is 0.254. The molecule has 0 spiro atoms. The molecular weight excluding hydrogens is 278 g/mol. The first-order chi connectivity index (χ1) is 10.1. The Morgan fingerprint density at radius 2 is 2.10 bits per heavy atom. The van der Waals surface area contributed by atoms with E-state index in [1.807, 2.05) is 0 Å². The van der Waals surface area contributed by atoms with E-state index in [1.54, 1.807) is 24.3 Å². The number of carbonyl (C=O) groups excluding carboxylic acids is 2. The molecule has 110 valence electrons. The molecule has 1 atom stereocenters. The number of benzene rings is 1. The summed E-state index contributed by atoms with van der Waals surface area (Å²) in [6.07, 6.45) is 0. The number of methoxy groups -OCH3 is 1. The summed E-state index contributed by atoms with van der Waals surface area (Å²) < 4.78 is 9.45. The number of esters is 1. The molecule has 1 heterocycles. The summed E-state index contributed by atoms with van der Waals surface area (Å²) in [6, 6.07) is 6.83. The molecule has 1 aromatic carbocycles. The van der Waals surface area contributed by atoms with Gasteiger partial charge in [-0.1, -0.05) is 18.2 Å². The third-order valence-corrected chi connectivity index (χ3v) is 2.86. The molecule has 0 bridgehead atoms. The van der Waals surface area contributed by atoms with Gasteiger partial charge in [-0.3, -0.25) is 4.79 Å². The predicted octanol–water partition coefficient (Wildman–Crippen LogP) is 0.0567. The Balaban J connectivity index is 2.33. The van der Waals surface area contributed by atoms with Crippen LogP contribution in [0.1, 0.15) is 10.4 Å². The molecule has 1 amide bonds. The summed E-state index contributed by atoms with van der Waals surface area (Å²) >= 11 is 0. The third-order valence-electron chi connectivity index (χ3n) is 2.86. The molecule has 2 aromatic rings. The quantitative estimate of drug-likeness (QED) is 0.609. The number of hydrogen-bond donors (Lipinski definition) is 2. The molecule has 7 heteroatoms. The topological polar surface area (TPSA) is 106 Å². The summed E-state index contributed by atoms with van der Waals surface area (Å²) in [5, 5.41) is 11.8. The fourth-order valence-electron chi connectivity index (χ4n) is 1.78. The Morgan fingerprint density at radius 1 is 1.38 bits per heavy atom. The number of carbonyl (C=O) groups is 2. The number of nitrogens with one attached hydrogen (secondary N) is 1. The van der Waals surface area contributed by atoms with Crippen LogP contribution in [0.4, 0.5) is 0 Å². The summed E-state index contributed by atoms with van der Waals surface area (Å²) in [6.45, 7) is -0.642. The van der Waals surface area contributed by atoms with E-state index < -0.39 is 30.2 Å². The minimum Gasteiger partial charge on any atom is -0.467 e. The normalized spacial score (nSPS) is 11.9. The van der Waals surface area contributed by atoms with Crippen LogP contribution in [-0.4, -0.2) is 36.7 Å².